The van der Waals surface area contributed by atoms with Crippen LogP contribution in [0, 0.1) is 5.41 Å². The smallest absolute Gasteiger partial charge is 0.274 e. The van der Waals surface area contributed by atoms with Crippen molar-refractivity contribution in [1.82, 2.24) is 30.2 Å². The Hall–Kier alpha value is -4.26. The van der Waals surface area contributed by atoms with Crippen LogP contribution in [0.15, 0.2) is 97.7 Å². The number of rotatable bonds is 42. The highest BCUT2D eigenvalue weighted by Gasteiger charge is 2.47. The monoisotopic (exact) mass is 1210 g/mol. The fourth-order valence-corrected chi connectivity index (χ4v) is 11.0. The average molecular weight is 1210 g/mol. The molecule has 1 aliphatic rings. The Morgan fingerprint density at radius 3 is 1.90 bits per heavy atom. The van der Waals surface area contributed by atoms with Crippen LogP contribution in [0.5, 0.6) is 0 Å². The number of nitrogen functional groups attached to an aromatic ring is 1. The molecule has 81 heavy (non-hydrogen) atoms. The maximum atomic E-state index is 12.7. The van der Waals surface area contributed by atoms with Crippen molar-refractivity contribution >= 4 is 69.1 Å². The normalized spacial score (nSPS) is 19.4. The van der Waals surface area contributed by atoms with Crippen LogP contribution in [0.3, 0.4) is 0 Å². The van der Waals surface area contributed by atoms with Gasteiger partial charge < -0.3 is 69.0 Å². The summed E-state index contributed by atoms with van der Waals surface area (Å²) in [7, 11) is -17.6. The highest BCUT2D eigenvalue weighted by molar-refractivity contribution is 8.14. The molecule has 454 valence electrons. The Kier molecular flexibility index (Phi) is 33.8. The number of nitrogens with one attached hydrogen (secondary N) is 2. The predicted molar refractivity (Wildman–Crippen MR) is 302 cm³/mol. The molecule has 0 spiro atoms. The number of ether oxygens (including phenoxy) is 1. The number of aliphatic hydroxyl groups is 2. The largest absolute Gasteiger partial charge is 0.790 e. The SMILES string of the molecule is CC/C=C\C/C=C\C/C=C\C/C=C\C/C=C\C/C=C\CCCCCCCCCC/C=C/C(=O)SCCNC(=O)CCNC(=O)[C@H](O)C(C)(C)COP(=O)([O-])OP(=O)([O-])OC[C@H]1O[C@@H](n2cnc3c(N)ncnc32)[C@H](O)[C@@H]1OP(=O)([O-])[O-]. The molecule has 2 aromatic rings. The molecule has 0 aliphatic carbocycles. The summed E-state index contributed by atoms with van der Waals surface area (Å²) in [6, 6.07) is 0. The molecule has 2 unspecified atom stereocenters. The lowest BCUT2D eigenvalue weighted by molar-refractivity contribution is -0.347. The minimum absolute atomic E-state index is 0.0213. The fraction of sp³-hybridized carbons (Fsp3) is 0.585. The second kappa shape index (κ2) is 38.6. The number of hydrogen-bond donors (Lipinski definition) is 5. The number of nitrogens with zero attached hydrogens (tertiary/aromatic N) is 4. The van der Waals surface area contributed by atoms with Gasteiger partial charge in [-0.25, -0.2) is 19.3 Å². The van der Waals surface area contributed by atoms with Crippen molar-refractivity contribution in [3.8, 4) is 0 Å². The first-order valence-electron chi connectivity index (χ1n) is 27.1. The number of fused-ring (bicyclic) bond motifs is 1. The number of anilines is 1. The van der Waals surface area contributed by atoms with Crippen molar-refractivity contribution in [2.24, 2.45) is 5.41 Å². The van der Waals surface area contributed by atoms with Crippen molar-refractivity contribution in [2.75, 3.05) is 37.8 Å². The van der Waals surface area contributed by atoms with Crippen molar-refractivity contribution < 1.29 is 80.5 Å². The van der Waals surface area contributed by atoms with Gasteiger partial charge in [0.05, 0.1) is 27.4 Å². The summed E-state index contributed by atoms with van der Waals surface area (Å²) in [4.78, 5) is 97.1. The zero-order chi connectivity index (χ0) is 59.6. The van der Waals surface area contributed by atoms with E-state index in [1.54, 1.807) is 0 Å². The number of imidazole rings is 1. The van der Waals surface area contributed by atoms with Gasteiger partial charge in [0.25, 0.3) is 15.6 Å². The molecule has 0 saturated carbocycles. The summed E-state index contributed by atoms with van der Waals surface area (Å²) in [5.41, 5.74) is 4.09. The molecule has 1 aliphatic heterocycles. The maximum Gasteiger partial charge on any atom is 0.274 e. The van der Waals surface area contributed by atoms with E-state index in [0.717, 1.165) is 93.2 Å². The van der Waals surface area contributed by atoms with Gasteiger partial charge in [0, 0.05) is 30.7 Å². The molecule has 3 rings (SSSR count). The van der Waals surface area contributed by atoms with Gasteiger partial charge in [-0.05, 0) is 70.3 Å². The van der Waals surface area contributed by atoms with Crippen LogP contribution in [0.2, 0.25) is 0 Å². The number of phosphoric acid groups is 3. The van der Waals surface area contributed by atoms with E-state index in [-0.39, 0.29) is 41.6 Å². The van der Waals surface area contributed by atoms with Gasteiger partial charge in [0.1, 0.15) is 36.3 Å². The van der Waals surface area contributed by atoms with Gasteiger partial charge in [0.15, 0.2) is 17.7 Å². The standard InChI is InChI=1S/C53H84N7O17P3S/c1-4-5-6-7-8-9-10-11-12-13-14-15-16-17-18-19-20-21-22-23-24-25-26-27-28-29-30-31-32-33-44(62)81-37-36-55-43(61)34-35-56-51(65)48(64)53(2,3)39-74-80(71,72)77-79(69,70)73-38-42-47(76-78(66,67)68)46(63)52(75-42)60-41-59-45-49(54)57-40-58-50(45)60/h5-6,8-9,11-12,14-15,17-18,20-21,32-33,40-42,46-48,52,63-64H,4,7,10,13,16,19,22-31,34-39H2,1-3H3,(H,55,61)(H,56,65)(H,69,70)(H,71,72)(H2,54,57,58)(H2,66,67,68)/p-4/b6-5-,9-8-,12-11-,15-14-,18-17-,21-20-,33-32+/t42-,46-,47-,48+,52-/m1/s1. The first kappa shape index (κ1) is 71.0. The molecule has 2 amide bonds. The number of allylic oxidation sites excluding steroid dienone is 13. The molecular weight excluding hydrogens is 1130 g/mol. The Morgan fingerprint density at radius 1 is 0.778 bits per heavy atom. The van der Waals surface area contributed by atoms with Crippen LogP contribution in [0.4, 0.5) is 5.82 Å². The lowest BCUT2D eigenvalue weighted by Crippen LogP contribution is -2.46. The molecule has 6 N–H and O–H groups in total. The molecule has 7 atom stereocenters. The molecule has 0 radical (unpaired) electrons. The fourth-order valence-electron chi connectivity index (χ4n) is 7.71. The Labute approximate surface area is 479 Å². The molecule has 1 fully saturated rings. The number of carbonyl (C=O) groups excluding carboxylic acids is 3. The van der Waals surface area contributed by atoms with Crippen molar-refractivity contribution in [1.29, 1.82) is 0 Å². The van der Waals surface area contributed by atoms with Gasteiger partial charge in [0.2, 0.25) is 16.9 Å². The van der Waals surface area contributed by atoms with Gasteiger partial charge in [-0.3, -0.25) is 28.1 Å². The van der Waals surface area contributed by atoms with Crippen molar-refractivity contribution in [3.05, 3.63) is 97.7 Å². The third-order valence-corrected chi connectivity index (χ3v) is 15.9. The minimum Gasteiger partial charge on any atom is -0.790 e. The summed E-state index contributed by atoms with van der Waals surface area (Å²) in [6.07, 6.45) is 39.7. The van der Waals surface area contributed by atoms with E-state index in [2.05, 4.69) is 123 Å². The summed E-state index contributed by atoms with van der Waals surface area (Å²) < 4.78 is 61.0. The highest BCUT2D eigenvalue weighted by Crippen LogP contribution is 2.56. The molecule has 3 heterocycles. The first-order valence-corrected chi connectivity index (χ1v) is 32.5. The Balaban J connectivity index is 1.19. The van der Waals surface area contributed by atoms with Gasteiger partial charge in [-0.2, -0.15) is 0 Å². The number of carbonyl (C=O) groups is 3. The van der Waals surface area contributed by atoms with Gasteiger partial charge in [-0.1, -0.05) is 150 Å². The van der Waals surface area contributed by atoms with Crippen LogP contribution in [-0.2, 0) is 50.7 Å². The third kappa shape index (κ3) is 30.2. The Bertz CT molecular complexity index is 2590. The van der Waals surface area contributed by atoms with Gasteiger partial charge >= 0.3 is 0 Å². The van der Waals surface area contributed by atoms with E-state index >= 15 is 0 Å². The molecule has 0 bridgehead atoms. The Morgan fingerprint density at radius 2 is 1.32 bits per heavy atom. The van der Waals surface area contributed by atoms with Crippen molar-refractivity contribution in [3.63, 3.8) is 0 Å². The number of aliphatic hydroxyl groups excluding tert-OH is 2. The number of nitrogens with two attached hydrogens (primary N) is 1. The lowest BCUT2D eigenvalue weighted by Gasteiger charge is -2.36. The lowest BCUT2D eigenvalue weighted by atomic mass is 9.87. The summed E-state index contributed by atoms with van der Waals surface area (Å²) >= 11 is 1.05. The molecule has 2 aromatic heterocycles. The molecular formula is C53H80N7O17P3S-4. The number of aromatic nitrogens is 4. The van der Waals surface area contributed by atoms with Crippen LogP contribution >= 0.6 is 35.2 Å². The zero-order valence-corrected chi connectivity index (χ0v) is 49.8. The second-order valence-corrected chi connectivity index (χ2v) is 24.5. The third-order valence-electron chi connectivity index (χ3n) is 12.1. The van der Waals surface area contributed by atoms with Crippen molar-refractivity contribution in [2.45, 2.75) is 161 Å². The van der Waals surface area contributed by atoms with Crippen LogP contribution in [0.25, 0.3) is 11.2 Å². The number of phosphoric ester groups is 3. The number of hydrogen-bond acceptors (Lipinski definition) is 22. The number of amides is 2. The number of thioether (sulfide) groups is 1. The van der Waals surface area contributed by atoms with E-state index in [0.29, 0.717) is 5.75 Å². The van der Waals surface area contributed by atoms with Crippen LogP contribution in [0.1, 0.15) is 136 Å². The van der Waals surface area contributed by atoms with E-state index < -0.39 is 84.6 Å². The van der Waals surface area contributed by atoms with Gasteiger partial charge in [-0.15, -0.1) is 0 Å². The average Bonchev–Trinajstić information content (AvgIpc) is 4.11. The molecule has 0 aromatic carbocycles. The maximum absolute atomic E-state index is 12.7. The van der Waals surface area contributed by atoms with E-state index in [4.69, 9.17) is 10.5 Å². The molecule has 1 saturated heterocycles. The highest BCUT2D eigenvalue weighted by atomic mass is 32.2. The quantitative estimate of drug-likeness (QED) is 0.0211. The molecule has 28 heteroatoms. The first-order chi connectivity index (χ1) is 38.6. The topological polar surface area (TPSA) is 375 Å². The van der Waals surface area contributed by atoms with E-state index in [1.165, 1.54) is 58.4 Å². The minimum atomic E-state index is -5.93. The summed E-state index contributed by atoms with van der Waals surface area (Å²) in [5, 5.41) is 26.3. The number of unbranched alkanes of at least 4 members (excludes halogenated alkanes) is 9. The summed E-state index contributed by atoms with van der Waals surface area (Å²) in [5.74, 6) is -1.23. The summed E-state index contributed by atoms with van der Waals surface area (Å²) in [6.45, 7) is 2.24. The second-order valence-electron chi connectivity index (χ2n) is 19.4. The van der Waals surface area contributed by atoms with Crippen LogP contribution in [-0.4, -0.2) is 103 Å². The van der Waals surface area contributed by atoms with E-state index in [1.807, 2.05) is 6.08 Å². The zero-order valence-electron chi connectivity index (χ0n) is 46.3. The predicted octanol–water partition coefficient (Wildman–Crippen LogP) is 6.29. The molecule has 24 nitrogen and oxygen atoms in total. The van der Waals surface area contributed by atoms with Crippen LogP contribution < -0.4 is 35.9 Å². The van der Waals surface area contributed by atoms with E-state index in [9.17, 15) is 57.9 Å².